The van der Waals surface area contributed by atoms with Crippen LogP contribution in [0.5, 0.6) is 0 Å². The minimum Gasteiger partial charge on any atom is -0.354 e. The van der Waals surface area contributed by atoms with Crippen LogP contribution in [0.4, 0.5) is 4.79 Å². The quantitative estimate of drug-likeness (QED) is 0.531. The van der Waals surface area contributed by atoms with Crippen LogP contribution in [0.15, 0.2) is 23.0 Å². The third kappa shape index (κ3) is 3.72. The predicted octanol–water partition coefficient (Wildman–Crippen LogP) is -0.785. The molecule has 0 atom stereocenters. The topological polar surface area (TPSA) is 101 Å². The van der Waals surface area contributed by atoms with E-state index in [-0.39, 0.29) is 18.6 Å². The van der Waals surface area contributed by atoms with Crippen molar-refractivity contribution in [2.45, 2.75) is 19.9 Å². The van der Waals surface area contributed by atoms with Gasteiger partial charge in [-0.3, -0.25) is 19.3 Å². The Hall–Kier alpha value is -2.64. The lowest BCUT2D eigenvalue weighted by molar-refractivity contribution is -0.130. The van der Waals surface area contributed by atoms with Crippen molar-refractivity contribution in [1.82, 2.24) is 20.1 Å². The molecule has 0 unspecified atom stereocenters. The number of carbonyl (C=O) groups excluding carboxylic acids is 3. The fourth-order valence-electron chi connectivity index (χ4n) is 2.19. The first-order valence-corrected chi connectivity index (χ1v) is 7.00. The maximum Gasteiger partial charge on any atom is 0.325 e. The molecule has 0 saturated carbocycles. The van der Waals surface area contributed by atoms with E-state index in [2.05, 4.69) is 10.6 Å². The molecule has 0 spiro atoms. The Balaban J connectivity index is 1.75. The van der Waals surface area contributed by atoms with Crippen molar-refractivity contribution >= 4 is 17.8 Å². The smallest absolute Gasteiger partial charge is 0.325 e. The van der Waals surface area contributed by atoms with Gasteiger partial charge in [-0.05, 0) is 19.4 Å². The summed E-state index contributed by atoms with van der Waals surface area (Å²) in [6.07, 6.45) is 0.580. The number of rotatable bonds is 6. The van der Waals surface area contributed by atoms with Crippen LogP contribution in [0.1, 0.15) is 12.1 Å². The molecule has 1 aromatic rings. The van der Waals surface area contributed by atoms with Gasteiger partial charge in [-0.25, -0.2) is 4.79 Å². The number of imide groups is 1. The van der Waals surface area contributed by atoms with E-state index in [0.717, 1.165) is 10.6 Å². The van der Waals surface area contributed by atoms with Crippen molar-refractivity contribution < 1.29 is 14.4 Å². The zero-order valence-electron chi connectivity index (χ0n) is 12.3. The van der Waals surface area contributed by atoms with Crippen LogP contribution in [0, 0.1) is 6.92 Å². The Morgan fingerprint density at radius 2 is 2.09 bits per heavy atom. The van der Waals surface area contributed by atoms with Crippen molar-refractivity contribution in [3.05, 3.63) is 34.2 Å². The highest BCUT2D eigenvalue weighted by Crippen LogP contribution is 1.98. The Labute approximate surface area is 127 Å². The van der Waals surface area contributed by atoms with Gasteiger partial charge in [0.2, 0.25) is 5.91 Å². The van der Waals surface area contributed by atoms with Gasteiger partial charge >= 0.3 is 6.03 Å². The second-order valence-electron chi connectivity index (χ2n) is 5.00. The summed E-state index contributed by atoms with van der Waals surface area (Å²) in [4.78, 5) is 46.8. The standard InChI is InChI=1S/C14H18N4O4/c1-10-4-2-5-12(20)17(10)7-3-6-15-11(19)9-18-13(21)8-16-14(18)22/h2,4-5H,3,6-9H2,1H3,(H,15,19)(H,16,22). The van der Waals surface area contributed by atoms with Crippen LogP contribution in [0.25, 0.3) is 0 Å². The number of pyridine rings is 1. The Bertz CT molecular complexity index is 636. The molecule has 0 aromatic carbocycles. The van der Waals surface area contributed by atoms with E-state index in [1.54, 1.807) is 10.6 Å². The third-order valence-electron chi connectivity index (χ3n) is 3.39. The van der Waals surface area contributed by atoms with Crippen molar-refractivity contribution in [2.75, 3.05) is 19.6 Å². The van der Waals surface area contributed by atoms with Crippen LogP contribution < -0.4 is 16.2 Å². The molecular weight excluding hydrogens is 288 g/mol. The minimum absolute atomic E-state index is 0.0671. The third-order valence-corrected chi connectivity index (χ3v) is 3.39. The van der Waals surface area contributed by atoms with Gasteiger partial charge in [0.1, 0.15) is 6.54 Å². The van der Waals surface area contributed by atoms with Crippen molar-refractivity contribution in [1.29, 1.82) is 0 Å². The summed E-state index contributed by atoms with van der Waals surface area (Å²) in [5.74, 6) is -0.811. The largest absolute Gasteiger partial charge is 0.354 e. The molecule has 1 aliphatic heterocycles. The number of aromatic nitrogens is 1. The number of urea groups is 1. The van der Waals surface area contributed by atoms with Crippen LogP contribution in [0.2, 0.25) is 0 Å². The molecule has 8 nitrogen and oxygen atoms in total. The Kier molecular flexibility index (Phi) is 4.92. The second-order valence-corrected chi connectivity index (χ2v) is 5.00. The first kappa shape index (κ1) is 15.7. The van der Waals surface area contributed by atoms with Crippen LogP contribution in [0.3, 0.4) is 0 Å². The number of aryl methyl sites for hydroxylation is 1. The van der Waals surface area contributed by atoms with Gasteiger partial charge in [0.05, 0.1) is 6.54 Å². The van der Waals surface area contributed by atoms with Gasteiger partial charge in [-0.2, -0.15) is 0 Å². The van der Waals surface area contributed by atoms with Crippen LogP contribution >= 0.6 is 0 Å². The van der Waals surface area contributed by atoms with Crippen LogP contribution in [-0.2, 0) is 16.1 Å². The van der Waals surface area contributed by atoms with Crippen molar-refractivity contribution in [3.8, 4) is 0 Å². The molecule has 2 N–H and O–H groups in total. The first-order valence-electron chi connectivity index (χ1n) is 7.00. The van der Waals surface area contributed by atoms with Crippen molar-refractivity contribution in [3.63, 3.8) is 0 Å². The van der Waals surface area contributed by atoms with E-state index in [1.165, 1.54) is 6.07 Å². The van der Waals surface area contributed by atoms with E-state index in [1.807, 2.05) is 13.0 Å². The lowest BCUT2D eigenvalue weighted by Crippen LogP contribution is -2.41. The number of amides is 4. The van der Waals surface area contributed by atoms with Crippen LogP contribution in [-0.4, -0.2) is 46.9 Å². The van der Waals surface area contributed by atoms with E-state index < -0.39 is 17.8 Å². The molecule has 1 aliphatic rings. The summed E-state index contributed by atoms with van der Waals surface area (Å²) in [7, 11) is 0. The fraction of sp³-hybridized carbons (Fsp3) is 0.429. The lowest BCUT2D eigenvalue weighted by atomic mass is 10.3. The van der Waals surface area contributed by atoms with E-state index in [4.69, 9.17) is 0 Å². The van der Waals surface area contributed by atoms with Gasteiger partial charge in [0, 0.05) is 24.8 Å². The predicted molar refractivity (Wildman–Crippen MR) is 78.2 cm³/mol. The molecule has 22 heavy (non-hydrogen) atoms. The maximum absolute atomic E-state index is 11.7. The molecule has 4 amide bonds. The SMILES string of the molecule is Cc1cccc(=O)n1CCCNC(=O)CN1C(=O)CNC1=O. The summed E-state index contributed by atoms with van der Waals surface area (Å²) in [6.45, 7) is 2.35. The molecule has 2 rings (SSSR count). The Morgan fingerprint density at radius 1 is 1.32 bits per heavy atom. The fourth-order valence-corrected chi connectivity index (χ4v) is 2.19. The van der Waals surface area contributed by atoms with E-state index in [0.29, 0.717) is 19.5 Å². The number of nitrogens with one attached hydrogen (secondary N) is 2. The van der Waals surface area contributed by atoms with Gasteiger partial charge < -0.3 is 15.2 Å². The number of hydrogen-bond donors (Lipinski definition) is 2. The second kappa shape index (κ2) is 6.88. The Morgan fingerprint density at radius 3 is 2.73 bits per heavy atom. The molecular formula is C14H18N4O4. The van der Waals surface area contributed by atoms with Crippen molar-refractivity contribution in [2.24, 2.45) is 0 Å². The molecule has 118 valence electrons. The summed E-state index contributed by atoms with van der Waals surface area (Å²) < 4.78 is 1.63. The zero-order valence-corrected chi connectivity index (χ0v) is 12.3. The van der Waals surface area contributed by atoms with E-state index in [9.17, 15) is 19.2 Å². The number of carbonyl (C=O) groups is 3. The summed E-state index contributed by atoms with van der Waals surface area (Å²) in [5, 5.41) is 4.98. The molecule has 1 saturated heterocycles. The lowest BCUT2D eigenvalue weighted by Gasteiger charge is -2.13. The highest BCUT2D eigenvalue weighted by molar-refractivity contribution is 6.04. The maximum atomic E-state index is 11.7. The molecule has 1 aromatic heterocycles. The first-order chi connectivity index (χ1) is 10.5. The average Bonchev–Trinajstić information content (AvgIpc) is 2.78. The zero-order chi connectivity index (χ0) is 16.1. The molecule has 8 heteroatoms. The molecule has 0 radical (unpaired) electrons. The van der Waals surface area contributed by atoms with Gasteiger partial charge in [-0.1, -0.05) is 6.07 Å². The monoisotopic (exact) mass is 306 g/mol. The minimum atomic E-state index is -0.549. The van der Waals surface area contributed by atoms with E-state index >= 15 is 0 Å². The number of hydrogen-bond acceptors (Lipinski definition) is 4. The highest BCUT2D eigenvalue weighted by atomic mass is 16.2. The molecule has 2 heterocycles. The summed E-state index contributed by atoms with van der Waals surface area (Å²) in [6, 6.07) is 4.49. The molecule has 0 aliphatic carbocycles. The van der Waals surface area contributed by atoms with Gasteiger partial charge in [-0.15, -0.1) is 0 Å². The number of nitrogens with zero attached hydrogens (tertiary/aromatic N) is 2. The average molecular weight is 306 g/mol. The normalized spacial score (nSPS) is 14.1. The van der Waals surface area contributed by atoms with Gasteiger partial charge in [0.25, 0.3) is 11.5 Å². The summed E-state index contributed by atoms with van der Waals surface area (Å²) in [5.41, 5.74) is 0.781. The summed E-state index contributed by atoms with van der Waals surface area (Å²) >= 11 is 0. The molecule has 1 fully saturated rings. The highest BCUT2D eigenvalue weighted by Gasteiger charge is 2.29. The molecule has 0 bridgehead atoms. The van der Waals surface area contributed by atoms with Gasteiger partial charge in [0.15, 0.2) is 0 Å².